The fourth-order valence-electron chi connectivity index (χ4n) is 4.74. The Morgan fingerprint density at radius 1 is 1.05 bits per heavy atom. The van der Waals surface area contributed by atoms with Gasteiger partial charge in [0, 0.05) is 12.0 Å². The molecule has 1 aliphatic heterocycles. The second kappa shape index (κ2) is 10.5. The van der Waals surface area contributed by atoms with E-state index in [0.29, 0.717) is 48.0 Å². The first-order valence-electron chi connectivity index (χ1n) is 12.8. The molecule has 1 unspecified atom stereocenters. The molecule has 0 amide bonds. The Bertz CT molecular complexity index is 1770. The average molecular weight is 541 g/mol. The van der Waals surface area contributed by atoms with Crippen molar-refractivity contribution in [1.82, 2.24) is 19.7 Å². The SMILES string of the molecule is CCOc1nc2cccc(C(=O)OC3CCC(=O)O3)c2n1Cc1ccc(-c2ccccc2-c2noc(=O)[nH]2)cc1. The van der Waals surface area contributed by atoms with Gasteiger partial charge < -0.3 is 14.2 Å². The molecule has 202 valence electrons. The van der Waals surface area contributed by atoms with Gasteiger partial charge in [0.15, 0.2) is 5.82 Å². The summed E-state index contributed by atoms with van der Waals surface area (Å²) in [6.45, 7) is 2.62. The van der Waals surface area contributed by atoms with Crippen LogP contribution in [0.25, 0.3) is 33.5 Å². The molecule has 2 aromatic heterocycles. The van der Waals surface area contributed by atoms with Gasteiger partial charge >= 0.3 is 17.7 Å². The van der Waals surface area contributed by atoms with Gasteiger partial charge in [0.1, 0.15) is 0 Å². The third-order valence-electron chi connectivity index (χ3n) is 6.54. The highest BCUT2D eigenvalue weighted by Gasteiger charge is 2.29. The Kier molecular flexibility index (Phi) is 6.61. The number of fused-ring (bicyclic) bond motifs is 1. The summed E-state index contributed by atoms with van der Waals surface area (Å²) in [7, 11) is 0. The number of esters is 2. The van der Waals surface area contributed by atoms with Gasteiger partial charge in [0.05, 0.1) is 36.2 Å². The van der Waals surface area contributed by atoms with Crippen LogP contribution in [0.5, 0.6) is 6.01 Å². The number of para-hydroxylation sites is 1. The second-order valence-corrected chi connectivity index (χ2v) is 9.14. The number of nitrogens with one attached hydrogen (secondary N) is 1. The minimum atomic E-state index is -0.900. The summed E-state index contributed by atoms with van der Waals surface area (Å²) >= 11 is 0. The fraction of sp³-hybridized carbons (Fsp3) is 0.207. The number of aromatic amines is 1. The molecule has 1 aliphatic rings. The number of carbonyl (C=O) groups excluding carboxylic acids is 2. The number of nitrogens with zero attached hydrogens (tertiary/aromatic N) is 3. The summed E-state index contributed by atoms with van der Waals surface area (Å²) < 4.78 is 22.9. The van der Waals surface area contributed by atoms with Crippen molar-refractivity contribution in [3.05, 3.63) is 88.4 Å². The molecule has 0 bridgehead atoms. The number of hydrogen-bond donors (Lipinski definition) is 1. The Morgan fingerprint density at radius 3 is 2.55 bits per heavy atom. The van der Waals surface area contributed by atoms with Crippen LogP contribution in [-0.2, 0) is 20.8 Å². The van der Waals surface area contributed by atoms with E-state index in [2.05, 4.69) is 19.6 Å². The maximum atomic E-state index is 13.1. The average Bonchev–Trinajstić information content (AvgIpc) is 3.68. The van der Waals surface area contributed by atoms with E-state index in [1.165, 1.54) is 0 Å². The van der Waals surface area contributed by atoms with E-state index in [1.54, 1.807) is 18.2 Å². The van der Waals surface area contributed by atoms with Gasteiger partial charge in [-0.15, -0.1) is 0 Å². The molecule has 3 heterocycles. The summed E-state index contributed by atoms with van der Waals surface area (Å²) in [6.07, 6.45) is -0.360. The van der Waals surface area contributed by atoms with Crippen LogP contribution < -0.4 is 10.5 Å². The van der Waals surface area contributed by atoms with E-state index in [9.17, 15) is 14.4 Å². The number of ether oxygens (including phenoxy) is 3. The maximum absolute atomic E-state index is 13.1. The van der Waals surface area contributed by atoms with E-state index in [-0.39, 0.29) is 12.4 Å². The normalized spacial score (nSPS) is 14.8. The Labute approximate surface area is 227 Å². The number of aromatic nitrogens is 4. The minimum absolute atomic E-state index is 0.214. The largest absolute Gasteiger partial charge is 0.465 e. The molecule has 0 spiro atoms. The number of rotatable bonds is 8. The Morgan fingerprint density at radius 2 is 1.85 bits per heavy atom. The number of H-pyrrole nitrogens is 1. The van der Waals surface area contributed by atoms with Crippen LogP contribution in [0, 0.1) is 0 Å². The molecule has 1 saturated heterocycles. The molecule has 0 radical (unpaired) electrons. The highest BCUT2D eigenvalue weighted by atomic mass is 16.7. The minimum Gasteiger partial charge on any atom is -0.465 e. The number of imidazole rings is 1. The van der Waals surface area contributed by atoms with E-state index in [1.807, 2.05) is 60.0 Å². The summed E-state index contributed by atoms with van der Waals surface area (Å²) in [6, 6.07) is 21.0. The van der Waals surface area contributed by atoms with Crippen LogP contribution in [0.2, 0.25) is 0 Å². The summed E-state index contributed by atoms with van der Waals surface area (Å²) in [5.74, 6) is -1.26. The molecule has 6 rings (SSSR count). The second-order valence-electron chi connectivity index (χ2n) is 9.14. The molecule has 5 aromatic rings. The molecule has 1 N–H and O–H groups in total. The van der Waals surface area contributed by atoms with Crippen molar-refractivity contribution in [3.8, 4) is 28.5 Å². The third-order valence-corrected chi connectivity index (χ3v) is 6.54. The highest BCUT2D eigenvalue weighted by molar-refractivity contribution is 6.02. The molecule has 11 nitrogen and oxygen atoms in total. The first kappa shape index (κ1) is 25.1. The topological polar surface area (TPSA) is 139 Å². The first-order valence-corrected chi connectivity index (χ1v) is 12.8. The van der Waals surface area contributed by atoms with Gasteiger partial charge in [-0.2, -0.15) is 4.98 Å². The van der Waals surface area contributed by atoms with Crippen molar-refractivity contribution in [2.75, 3.05) is 6.61 Å². The first-order chi connectivity index (χ1) is 19.5. The van der Waals surface area contributed by atoms with Crippen molar-refractivity contribution < 1.29 is 28.3 Å². The van der Waals surface area contributed by atoms with E-state index in [4.69, 9.17) is 14.2 Å². The molecule has 0 aliphatic carbocycles. The quantitative estimate of drug-likeness (QED) is 0.285. The zero-order valence-corrected chi connectivity index (χ0v) is 21.5. The lowest BCUT2D eigenvalue weighted by molar-refractivity contribution is -0.154. The van der Waals surface area contributed by atoms with Crippen molar-refractivity contribution in [1.29, 1.82) is 0 Å². The highest BCUT2D eigenvalue weighted by Crippen LogP contribution is 2.31. The van der Waals surface area contributed by atoms with E-state index >= 15 is 0 Å². The molecule has 3 aromatic carbocycles. The van der Waals surface area contributed by atoms with Crippen molar-refractivity contribution >= 4 is 23.0 Å². The number of hydrogen-bond acceptors (Lipinski definition) is 9. The van der Waals surface area contributed by atoms with E-state index in [0.717, 1.165) is 22.3 Å². The Hall–Kier alpha value is -5.19. The predicted molar refractivity (Wildman–Crippen MR) is 143 cm³/mol. The maximum Gasteiger partial charge on any atom is 0.439 e. The van der Waals surface area contributed by atoms with Gasteiger partial charge in [0.2, 0.25) is 6.29 Å². The zero-order chi connectivity index (χ0) is 27.6. The molecule has 1 atom stereocenters. The summed E-state index contributed by atoms with van der Waals surface area (Å²) in [5.41, 5.74) is 4.89. The monoisotopic (exact) mass is 540 g/mol. The van der Waals surface area contributed by atoms with Crippen molar-refractivity contribution in [2.45, 2.75) is 32.6 Å². The molecule has 1 fully saturated rings. The lowest BCUT2D eigenvalue weighted by Crippen LogP contribution is -2.18. The molecular weight excluding hydrogens is 516 g/mol. The smallest absolute Gasteiger partial charge is 0.439 e. The number of carbonyl (C=O) groups is 2. The van der Waals surface area contributed by atoms with Crippen LogP contribution in [0.3, 0.4) is 0 Å². The molecule has 11 heteroatoms. The van der Waals surface area contributed by atoms with Crippen LogP contribution in [0.15, 0.2) is 76.0 Å². The van der Waals surface area contributed by atoms with Crippen molar-refractivity contribution in [2.24, 2.45) is 0 Å². The van der Waals surface area contributed by atoms with Crippen LogP contribution in [0.1, 0.15) is 35.7 Å². The van der Waals surface area contributed by atoms with Gasteiger partial charge in [-0.3, -0.25) is 18.9 Å². The van der Waals surface area contributed by atoms with Crippen molar-refractivity contribution in [3.63, 3.8) is 0 Å². The number of benzene rings is 3. The van der Waals surface area contributed by atoms with Crippen LogP contribution in [-0.4, -0.2) is 44.5 Å². The van der Waals surface area contributed by atoms with E-state index < -0.39 is 18.0 Å². The predicted octanol–water partition coefficient (Wildman–Crippen LogP) is 4.31. The van der Waals surface area contributed by atoms with Crippen LogP contribution >= 0.6 is 0 Å². The Balaban J connectivity index is 1.33. The standard InChI is InChI=1S/C29H24N4O7/c1-2-37-28-30-22-9-5-8-21(27(35)39-24-15-14-23(34)38-24)25(22)33(28)16-17-10-12-18(13-11-17)19-6-3-4-7-20(19)26-31-29(36)40-32-26/h3-13,24H,2,14-16H2,1H3,(H,31,32,36). The van der Waals surface area contributed by atoms with Gasteiger partial charge in [-0.05, 0) is 35.7 Å². The third kappa shape index (κ3) is 4.84. The lowest BCUT2D eigenvalue weighted by atomic mass is 9.98. The lowest BCUT2D eigenvalue weighted by Gasteiger charge is -2.14. The van der Waals surface area contributed by atoms with Crippen LogP contribution in [0.4, 0.5) is 0 Å². The molecule has 0 saturated carbocycles. The van der Waals surface area contributed by atoms with Gasteiger partial charge in [0.25, 0.3) is 6.01 Å². The van der Waals surface area contributed by atoms with Gasteiger partial charge in [-0.1, -0.05) is 59.8 Å². The molecular formula is C29H24N4O7. The number of cyclic esters (lactones) is 1. The zero-order valence-electron chi connectivity index (χ0n) is 21.5. The summed E-state index contributed by atoms with van der Waals surface area (Å²) in [5, 5.41) is 3.82. The van der Waals surface area contributed by atoms with Gasteiger partial charge in [-0.25, -0.2) is 9.59 Å². The summed E-state index contributed by atoms with van der Waals surface area (Å²) in [4.78, 5) is 43.3. The molecule has 40 heavy (non-hydrogen) atoms. The fourth-order valence-corrected chi connectivity index (χ4v) is 4.74.